The van der Waals surface area contributed by atoms with E-state index in [1.54, 1.807) is 0 Å². The maximum Gasteiger partial charge on any atom is 0.238 e. The maximum atomic E-state index is 12.2. The summed E-state index contributed by atoms with van der Waals surface area (Å²) in [6.45, 7) is 4.89. The number of anilines is 1. The maximum absolute atomic E-state index is 12.2. The highest BCUT2D eigenvalue weighted by molar-refractivity contribution is 5.92. The fourth-order valence-electron chi connectivity index (χ4n) is 4.05. The van der Waals surface area contributed by atoms with Crippen LogP contribution in [-0.2, 0) is 11.2 Å². The first kappa shape index (κ1) is 15.5. The number of hydrogen-bond acceptors (Lipinski definition) is 2. The third-order valence-electron chi connectivity index (χ3n) is 5.39. The van der Waals surface area contributed by atoms with Crippen LogP contribution in [0.5, 0.6) is 0 Å². The molecule has 22 heavy (non-hydrogen) atoms. The Hall–Kier alpha value is -1.35. The molecule has 1 aromatic rings. The predicted molar refractivity (Wildman–Crippen MR) is 91.0 cm³/mol. The van der Waals surface area contributed by atoms with E-state index in [-0.39, 0.29) is 5.91 Å². The molecule has 3 nitrogen and oxygen atoms in total. The van der Waals surface area contributed by atoms with Crippen LogP contribution in [0.15, 0.2) is 24.3 Å². The monoisotopic (exact) mass is 300 g/mol. The number of hydrogen-bond donors (Lipinski definition) is 1. The van der Waals surface area contributed by atoms with E-state index in [0.717, 1.165) is 37.0 Å². The van der Waals surface area contributed by atoms with Gasteiger partial charge in [-0.2, -0.15) is 0 Å². The molecule has 1 aliphatic heterocycles. The number of aryl methyl sites for hydroxylation is 1. The normalized spacial score (nSPS) is 25.5. The second kappa shape index (κ2) is 7.28. The van der Waals surface area contributed by atoms with Crippen LogP contribution >= 0.6 is 0 Å². The van der Waals surface area contributed by atoms with Crippen molar-refractivity contribution in [2.45, 2.75) is 45.4 Å². The van der Waals surface area contributed by atoms with Crippen molar-refractivity contribution in [3.05, 3.63) is 29.8 Å². The quantitative estimate of drug-likeness (QED) is 0.919. The zero-order valence-electron chi connectivity index (χ0n) is 13.7. The van der Waals surface area contributed by atoms with E-state index in [4.69, 9.17) is 0 Å². The van der Waals surface area contributed by atoms with Gasteiger partial charge in [0.2, 0.25) is 5.91 Å². The van der Waals surface area contributed by atoms with Crippen molar-refractivity contribution in [2.75, 3.05) is 25.0 Å². The van der Waals surface area contributed by atoms with E-state index in [1.807, 2.05) is 12.1 Å². The van der Waals surface area contributed by atoms with Gasteiger partial charge < -0.3 is 5.32 Å². The summed E-state index contributed by atoms with van der Waals surface area (Å²) in [7, 11) is 0. The number of benzene rings is 1. The van der Waals surface area contributed by atoms with Crippen LogP contribution in [0.3, 0.4) is 0 Å². The lowest BCUT2D eigenvalue weighted by molar-refractivity contribution is -0.118. The molecule has 1 heterocycles. The first-order valence-electron chi connectivity index (χ1n) is 8.85. The Bertz CT molecular complexity index is 497. The van der Waals surface area contributed by atoms with Gasteiger partial charge in [-0.3, -0.25) is 9.69 Å². The van der Waals surface area contributed by atoms with E-state index < -0.39 is 0 Å². The Labute approximate surface area is 134 Å². The average Bonchev–Trinajstić information content (AvgIpc) is 2.55. The van der Waals surface area contributed by atoms with Crippen LogP contribution in [0.4, 0.5) is 5.69 Å². The standard InChI is InChI=1S/C19H28N2O/c1-2-15-7-9-18(10-8-15)20-19(22)14-21-12-11-16-5-3-4-6-17(16)13-21/h7-10,16-17H,2-6,11-14H2,1H3,(H,20,22)/t16-,17-/m1/s1. The highest BCUT2D eigenvalue weighted by Gasteiger charge is 2.31. The zero-order chi connectivity index (χ0) is 15.4. The zero-order valence-corrected chi connectivity index (χ0v) is 13.7. The molecule has 1 aromatic carbocycles. The summed E-state index contributed by atoms with van der Waals surface area (Å²) in [5.74, 6) is 1.88. The number of amides is 1. The van der Waals surface area contributed by atoms with Crippen molar-refractivity contribution in [2.24, 2.45) is 11.8 Å². The summed E-state index contributed by atoms with van der Waals surface area (Å²) in [6.07, 6.45) is 7.88. The minimum Gasteiger partial charge on any atom is -0.325 e. The molecule has 0 aromatic heterocycles. The molecule has 0 spiro atoms. The number of piperidine rings is 1. The largest absolute Gasteiger partial charge is 0.325 e. The van der Waals surface area contributed by atoms with Gasteiger partial charge in [0.15, 0.2) is 0 Å². The van der Waals surface area contributed by atoms with Crippen LogP contribution in [0.2, 0.25) is 0 Å². The second-order valence-corrected chi connectivity index (χ2v) is 6.93. The predicted octanol–water partition coefficient (Wildman–Crippen LogP) is 3.70. The summed E-state index contributed by atoms with van der Waals surface area (Å²) in [4.78, 5) is 14.6. The lowest BCUT2D eigenvalue weighted by Crippen LogP contribution is -2.44. The number of fused-ring (bicyclic) bond motifs is 1. The Kier molecular flexibility index (Phi) is 5.14. The van der Waals surface area contributed by atoms with Gasteiger partial charge in [-0.1, -0.05) is 38.3 Å². The highest BCUT2D eigenvalue weighted by Crippen LogP contribution is 2.35. The fourth-order valence-corrected chi connectivity index (χ4v) is 4.05. The van der Waals surface area contributed by atoms with Gasteiger partial charge >= 0.3 is 0 Å². The van der Waals surface area contributed by atoms with Crippen molar-refractivity contribution < 1.29 is 4.79 Å². The number of carbonyl (C=O) groups is 1. The number of nitrogens with zero attached hydrogens (tertiary/aromatic N) is 1. The van der Waals surface area contributed by atoms with Crippen molar-refractivity contribution in [1.82, 2.24) is 4.90 Å². The van der Waals surface area contributed by atoms with E-state index >= 15 is 0 Å². The smallest absolute Gasteiger partial charge is 0.238 e. The van der Waals surface area contributed by atoms with Crippen LogP contribution in [0, 0.1) is 11.8 Å². The molecule has 0 unspecified atom stereocenters. The second-order valence-electron chi connectivity index (χ2n) is 6.93. The average molecular weight is 300 g/mol. The van der Waals surface area contributed by atoms with Gasteiger partial charge in [0.25, 0.3) is 0 Å². The summed E-state index contributed by atoms with van der Waals surface area (Å²) in [6, 6.07) is 8.18. The Balaban J connectivity index is 1.48. The topological polar surface area (TPSA) is 32.3 Å². The van der Waals surface area contributed by atoms with Gasteiger partial charge in [0.1, 0.15) is 0 Å². The van der Waals surface area contributed by atoms with Gasteiger partial charge in [0, 0.05) is 12.2 Å². The molecule has 2 atom stereocenters. The van der Waals surface area contributed by atoms with Gasteiger partial charge in [-0.15, -0.1) is 0 Å². The molecule has 1 N–H and O–H groups in total. The molecule has 1 amide bonds. The van der Waals surface area contributed by atoms with Crippen molar-refractivity contribution >= 4 is 11.6 Å². The molecule has 1 aliphatic carbocycles. The van der Waals surface area contributed by atoms with Crippen LogP contribution in [0.25, 0.3) is 0 Å². The number of nitrogens with one attached hydrogen (secondary N) is 1. The highest BCUT2D eigenvalue weighted by atomic mass is 16.2. The van der Waals surface area contributed by atoms with Crippen molar-refractivity contribution in [3.8, 4) is 0 Å². The summed E-state index contributed by atoms with van der Waals surface area (Å²) >= 11 is 0. The van der Waals surface area contributed by atoms with Crippen molar-refractivity contribution in [3.63, 3.8) is 0 Å². The molecule has 3 heteroatoms. The molecular weight excluding hydrogens is 272 g/mol. The number of rotatable bonds is 4. The Morgan fingerprint density at radius 2 is 1.86 bits per heavy atom. The number of carbonyl (C=O) groups excluding carboxylic acids is 1. The third-order valence-corrected chi connectivity index (χ3v) is 5.39. The lowest BCUT2D eigenvalue weighted by Gasteiger charge is -2.41. The van der Waals surface area contributed by atoms with Crippen LogP contribution < -0.4 is 5.32 Å². The molecule has 0 radical (unpaired) electrons. The molecule has 3 rings (SSSR count). The molecular formula is C19H28N2O. The van der Waals surface area contributed by atoms with Gasteiger partial charge in [-0.25, -0.2) is 0 Å². The van der Waals surface area contributed by atoms with Crippen LogP contribution in [-0.4, -0.2) is 30.4 Å². The Morgan fingerprint density at radius 1 is 1.14 bits per heavy atom. The van der Waals surface area contributed by atoms with E-state index in [2.05, 4.69) is 29.3 Å². The minimum atomic E-state index is 0.124. The minimum absolute atomic E-state index is 0.124. The first-order valence-corrected chi connectivity index (χ1v) is 8.85. The molecule has 2 fully saturated rings. The lowest BCUT2D eigenvalue weighted by atomic mass is 9.75. The molecule has 1 saturated heterocycles. The van der Waals surface area contributed by atoms with Gasteiger partial charge in [0.05, 0.1) is 6.54 Å². The van der Waals surface area contributed by atoms with Crippen molar-refractivity contribution in [1.29, 1.82) is 0 Å². The summed E-state index contributed by atoms with van der Waals surface area (Å²) in [5, 5.41) is 3.03. The SMILES string of the molecule is CCc1ccc(NC(=O)CN2CC[C@H]3CCCC[C@@H]3C2)cc1. The van der Waals surface area contributed by atoms with Gasteiger partial charge in [-0.05, 0) is 55.3 Å². The van der Waals surface area contributed by atoms with Crippen LogP contribution in [0.1, 0.15) is 44.6 Å². The van der Waals surface area contributed by atoms with E-state index in [0.29, 0.717) is 6.54 Å². The van der Waals surface area contributed by atoms with E-state index in [9.17, 15) is 4.79 Å². The fraction of sp³-hybridized carbons (Fsp3) is 0.632. The molecule has 120 valence electrons. The first-order chi connectivity index (χ1) is 10.7. The summed E-state index contributed by atoms with van der Waals surface area (Å²) in [5.41, 5.74) is 2.21. The third kappa shape index (κ3) is 3.89. The molecule has 0 bridgehead atoms. The molecule has 1 saturated carbocycles. The summed E-state index contributed by atoms with van der Waals surface area (Å²) < 4.78 is 0. The van der Waals surface area contributed by atoms with E-state index in [1.165, 1.54) is 37.7 Å². The molecule has 2 aliphatic rings. The number of likely N-dealkylation sites (tertiary alicyclic amines) is 1. The Morgan fingerprint density at radius 3 is 2.59 bits per heavy atom.